The number of carbonyl (C=O) groups is 3. The molecule has 4 aliphatic carbocycles. The van der Waals surface area contributed by atoms with E-state index in [0.717, 1.165) is 25.7 Å². The molecule has 0 aromatic carbocycles. The lowest BCUT2D eigenvalue weighted by atomic mass is 9.47. The summed E-state index contributed by atoms with van der Waals surface area (Å²) < 4.78 is 5.87. The summed E-state index contributed by atoms with van der Waals surface area (Å²) in [5, 5.41) is 9.33. The highest BCUT2D eigenvalue weighted by Gasteiger charge is 2.72. The lowest BCUT2D eigenvalue weighted by Gasteiger charge is -2.57. The van der Waals surface area contributed by atoms with Crippen LogP contribution in [-0.4, -0.2) is 28.6 Å². The van der Waals surface area contributed by atoms with Gasteiger partial charge in [-0.25, -0.2) is 4.79 Å². The number of hydrogen-bond donors (Lipinski definition) is 1. The molecule has 3 fully saturated rings. The minimum absolute atomic E-state index is 0.0623. The summed E-state index contributed by atoms with van der Waals surface area (Å²) in [6.07, 6.45) is 9.83. The van der Waals surface area contributed by atoms with E-state index in [9.17, 15) is 19.6 Å². The smallest absolute Gasteiger partial charge is 0.386 e. The summed E-state index contributed by atoms with van der Waals surface area (Å²) in [5.41, 5.74) is -1.02. The Kier molecular flexibility index (Phi) is 5.00. The van der Waals surface area contributed by atoms with Crippen molar-refractivity contribution in [3.05, 3.63) is 23.8 Å². The van der Waals surface area contributed by atoms with Gasteiger partial charge in [0.1, 0.15) is 0 Å². The number of allylic oxidation sites excluding steroid dienone is 4. The van der Waals surface area contributed by atoms with Gasteiger partial charge in [0.05, 0.1) is 0 Å². The second-order valence-corrected chi connectivity index (χ2v) is 10.1. The van der Waals surface area contributed by atoms with Gasteiger partial charge in [-0.15, -0.1) is 0 Å². The molecule has 4 rings (SSSR count). The van der Waals surface area contributed by atoms with Gasteiger partial charge in [-0.1, -0.05) is 39.3 Å². The molecule has 0 spiro atoms. The van der Waals surface area contributed by atoms with Gasteiger partial charge < -0.3 is 4.74 Å². The molecule has 164 valence electrons. The molecule has 0 saturated heterocycles. The zero-order valence-corrected chi connectivity index (χ0v) is 18.3. The third kappa shape index (κ3) is 2.62. The van der Waals surface area contributed by atoms with E-state index in [0.29, 0.717) is 18.3 Å². The lowest BCUT2D eigenvalue weighted by Crippen LogP contribution is -2.61. The van der Waals surface area contributed by atoms with Crippen LogP contribution < -0.4 is 0 Å². The molecule has 6 nitrogen and oxygen atoms in total. The number of ether oxygens (including phenoxy) is 1. The van der Waals surface area contributed by atoms with Crippen LogP contribution in [0, 0.1) is 34.5 Å². The fraction of sp³-hybridized carbons (Fsp3) is 0.708. The number of esters is 1. The SMILES string of the molecule is CCC(=O)O[C@]1(C(=O)OO)[C@@H](C)C[C@H]2[C@@H]3CCC4=CC(=O)C=C[C@]4(C)[C@H]3CC[C@@]21C. The van der Waals surface area contributed by atoms with Crippen LogP contribution in [0.2, 0.25) is 0 Å². The van der Waals surface area contributed by atoms with E-state index in [2.05, 4.69) is 17.9 Å². The molecular weight excluding hydrogens is 384 g/mol. The molecular formula is C24H32O6. The first-order valence-corrected chi connectivity index (χ1v) is 11.2. The lowest BCUT2D eigenvalue weighted by molar-refractivity contribution is -0.269. The second kappa shape index (κ2) is 7.04. The van der Waals surface area contributed by atoms with Gasteiger partial charge in [0.25, 0.3) is 0 Å². The van der Waals surface area contributed by atoms with Crippen molar-refractivity contribution >= 4 is 17.7 Å². The van der Waals surface area contributed by atoms with Crippen molar-refractivity contribution in [2.45, 2.75) is 71.8 Å². The van der Waals surface area contributed by atoms with Crippen molar-refractivity contribution in [1.82, 2.24) is 0 Å². The van der Waals surface area contributed by atoms with Crippen molar-refractivity contribution in [3.8, 4) is 0 Å². The van der Waals surface area contributed by atoms with Crippen LogP contribution >= 0.6 is 0 Å². The maximum atomic E-state index is 12.9. The zero-order valence-electron chi connectivity index (χ0n) is 18.3. The fourth-order valence-corrected chi connectivity index (χ4v) is 7.54. The Morgan fingerprint density at radius 1 is 1.23 bits per heavy atom. The average molecular weight is 417 g/mol. The molecule has 0 amide bonds. The molecule has 30 heavy (non-hydrogen) atoms. The van der Waals surface area contributed by atoms with E-state index in [-0.39, 0.29) is 29.5 Å². The van der Waals surface area contributed by atoms with Gasteiger partial charge in [-0.2, -0.15) is 5.26 Å². The first-order valence-electron chi connectivity index (χ1n) is 11.2. The van der Waals surface area contributed by atoms with E-state index < -0.39 is 23.0 Å². The molecule has 1 N–H and O–H groups in total. The van der Waals surface area contributed by atoms with Crippen LogP contribution in [-0.2, 0) is 24.0 Å². The molecule has 0 radical (unpaired) electrons. The van der Waals surface area contributed by atoms with Gasteiger partial charge >= 0.3 is 11.9 Å². The number of rotatable bonds is 3. The molecule has 0 heterocycles. The Bertz CT molecular complexity index is 843. The monoisotopic (exact) mass is 416 g/mol. The minimum atomic E-state index is -1.47. The Hall–Kier alpha value is -1.95. The van der Waals surface area contributed by atoms with E-state index >= 15 is 0 Å². The van der Waals surface area contributed by atoms with E-state index in [4.69, 9.17) is 4.74 Å². The normalized spacial score (nSPS) is 44.4. The van der Waals surface area contributed by atoms with Crippen LogP contribution in [0.5, 0.6) is 0 Å². The number of ketones is 1. The third-order valence-electron chi connectivity index (χ3n) is 9.05. The molecule has 4 aliphatic rings. The Morgan fingerprint density at radius 3 is 2.63 bits per heavy atom. The number of fused-ring (bicyclic) bond motifs is 5. The van der Waals surface area contributed by atoms with Crippen LogP contribution in [0.3, 0.4) is 0 Å². The standard InChI is InChI=1S/C24H32O6/c1-5-20(26)29-24(21(27)30-28)14(2)12-19-17-7-6-15-13-16(25)8-10-22(15,3)18(17)9-11-23(19,24)4/h8,10,13-14,17-19,28H,5-7,9,11-12H2,1-4H3/t14-,17+,18-,19-,22-,23-,24-/m0/s1. The highest BCUT2D eigenvalue weighted by atomic mass is 17.1. The minimum Gasteiger partial charge on any atom is -0.446 e. The summed E-state index contributed by atoms with van der Waals surface area (Å²) >= 11 is 0. The molecule has 7 atom stereocenters. The predicted octanol–water partition coefficient (Wildman–Crippen LogP) is 4.25. The van der Waals surface area contributed by atoms with Gasteiger partial charge in [0.2, 0.25) is 5.60 Å². The summed E-state index contributed by atoms with van der Waals surface area (Å²) in [4.78, 5) is 41.5. The second-order valence-electron chi connectivity index (χ2n) is 10.1. The fourth-order valence-electron chi connectivity index (χ4n) is 7.54. The molecule has 0 bridgehead atoms. The van der Waals surface area contributed by atoms with Crippen molar-refractivity contribution in [1.29, 1.82) is 0 Å². The molecule has 6 heteroatoms. The third-order valence-corrected chi connectivity index (χ3v) is 9.05. The van der Waals surface area contributed by atoms with Crippen LogP contribution in [0.4, 0.5) is 0 Å². The van der Waals surface area contributed by atoms with Crippen molar-refractivity contribution in [2.75, 3.05) is 0 Å². The van der Waals surface area contributed by atoms with Crippen molar-refractivity contribution in [3.63, 3.8) is 0 Å². The summed E-state index contributed by atoms with van der Waals surface area (Å²) in [6, 6.07) is 0. The Morgan fingerprint density at radius 2 is 1.97 bits per heavy atom. The van der Waals surface area contributed by atoms with Crippen molar-refractivity contribution < 1.29 is 29.3 Å². The summed E-state index contributed by atoms with van der Waals surface area (Å²) in [5.74, 6) is -0.618. The van der Waals surface area contributed by atoms with Gasteiger partial charge in [0, 0.05) is 23.2 Å². The molecule has 0 aliphatic heterocycles. The first-order chi connectivity index (χ1) is 14.1. The van der Waals surface area contributed by atoms with E-state index in [1.807, 2.05) is 13.8 Å². The largest absolute Gasteiger partial charge is 0.446 e. The highest BCUT2D eigenvalue weighted by Crippen LogP contribution is 2.69. The molecule has 0 unspecified atom stereocenters. The Labute approximate surface area is 177 Å². The van der Waals surface area contributed by atoms with E-state index in [1.165, 1.54) is 5.57 Å². The zero-order chi connectivity index (χ0) is 21.9. The van der Waals surface area contributed by atoms with Crippen molar-refractivity contribution in [2.24, 2.45) is 34.5 Å². The van der Waals surface area contributed by atoms with Gasteiger partial charge in [-0.3, -0.25) is 14.5 Å². The summed E-state index contributed by atoms with van der Waals surface area (Å²) in [7, 11) is 0. The Balaban J connectivity index is 1.75. The maximum absolute atomic E-state index is 12.9. The van der Waals surface area contributed by atoms with E-state index in [1.54, 1.807) is 19.1 Å². The highest BCUT2D eigenvalue weighted by molar-refractivity contribution is 6.01. The molecule has 0 aromatic rings. The molecule has 3 saturated carbocycles. The van der Waals surface area contributed by atoms with Crippen LogP contribution in [0.1, 0.15) is 66.2 Å². The topological polar surface area (TPSA) is 89.9 Å². The van der Waals surface area contributed by atoms with Crippen LogP contribution in [0.15, 0.2) is 23.8 Å². The van der Waals surface area contributed by atoms with Crippen LogP contribution in [0.25, 0.3) is 0 Å². The maximum Gasteiger partial charge on any atom is 0.386 e. The predicted molar refractivity (Wildman–Crippen MR) is 109 cm³/mol. The first kappa shape index (κ1) is 21.3. The number of carbonyl (C=O) groups excluding carboxylic acids is 3. The quantitative estimate of drug-likeness (QED) is 0.420. The summed E-state index contributed by atoms with van der Waals surface area (Å²) in [6.45, 7) is 7.88. The van der Waals surface area contributed by atoms with Gasteiger partial charge in [0.15, 0.2) is 5.78 Å². The van der Waals surface area contributed by atoms with Gasteiger partial charge in [-0.05, 0) is 62.0 Å². The molecule has 0 aromatic heterocycles. The number of hydrogen-bond acceptors (Lipinski definition) is 6. The average Bonchev–Trinajstić information content (AvgIpc) is 2.95.